The summed E-state index contributed by atoms with van der Waals surface area (Å²) >= 11 is 0. The van der Waals surface area contributed by atoms with Gasteiger partial charge < -0.3 is 0 Å². The molecule has 0 unspecified atom stereocenters. The van der Waals surface area contributed by atoms with E-state index in [0.717, 1.165) is 6.42 Å². The Morgan fingerprint density at radius 3 is 2.62 bits per heavy atom. The maximum absolute atomic E-state index is 12.3. The summed E-state index contributed by atoms with van der Waals surface area (Å²) in [5.74, 6) is 0. The van der Waals surface area contributed by atoms with Crippen molar-refractivity contribution < 1.29 is 10.2 Å². The minimum atomic E-state index is -2.86. The summed E-state index contributed by atoms with van der Waals surface area (Å²) < 4.78 is 31.4. The molecule has 0 amide bonds. The van der Waals surface area contributed by atoms with Crippen LogP contribution in [0, 0.1) is 0 Å². The first-order valence-corrected chi connectivity index (χ1v) is 2.77. The van der Waals surface area contributed by atoms with Gasteiger partial charge in [0.05, 0.1) is 0 Å². The van der Waals surface area contributed by atoms with Gasteiger partial charge in [0, 0.05) is 13.0 Å². The zero-order chi connectivity index (χ0) is 6.91. The van der Waals surface area contributed by atoms with Gasteiger partial charge in [0.2, 0.25) is 0 Å². The van der Waals surface area contributed by atoms with Crippen LogP contribution < -0.4 is 5.31 Å². The predicted molar refractivity (Wildman–Crippen MR) is 26.8 cm³/mol. The predicted octanol–water partition coefficient (Wildman–Crippen LogP) is 1.35. The third kappa shape index (κ3) is 1.40. The molecule has 0 atom stereocenters. The Labute approximate surface area is 48.5 Å². The first kappa shape index (κ1) is 4.68. The Kier molecular flexibility index (Phi) is 1.15. The summed E-state index contributed by atoms with van der Waals surface area (Å²) in [6, 6.07) is -2.86. The topological polar surface area (TPSA) is 12.0 Å². The van der Waals surface area contributed by atoms with Gasteiger partial charge in [0.15, 0.2) is 0 Å². The number of halogens is 2. The van der Waals surface area contributed by atoms with Crippen LogP contribution in [0.25, 0.3) is 0 Å². The van der Waals surface area contributed by atoms with Gasteiger partial charge in [0.25, 0.3) is 0 Å². The molecule has 1 aliphatic heterocycles. The third-order valence-corrected chi connectivity index (χ3v) is 1.23. The third-order valence-electron chi connectivity index (χ3n) is 1.23. The second-order valence-corrected chi connectivity index (χ2v) is 2.00. The molecule has 0 aromatic rings. The number of rotatable bonds is 0. The van der Waals surface area contributed by atoms with Crippen molar-refractivity contribution in [1.82, 2.24) is 5.31 Å². The van der Waals surface area contributed by atoms with E-state index in [1.54, 1.807) is 0 Å². The molecule has 1 heterocycles. The first-order chi connectivity index (χ1) is 4.13. The van der Waals surface area contributed by atoms with Crippen molar-refractivity contribution in [1.29, 1.82) is 0 Å². The minimum Gasteiger partial charge on any atom is -0.258 e. The highest BCUT2D eigenvalue weighted by atomic mass is 19.3. The highest BCUT2D eigenvalue weighted by Crippen LogP contribution is 2.20. The van der Waals surface area contributed by atoms with E-state index in [-0.39, 0.29) is 13.0 Å². The molecule has 1 fully saturated rings. The van der Waals surface area contributed by atoms with Gasteiger partial charge in [-0.3, -0.25) is 5.31 Å². The van der Waals surface area contributed by atoms with Gasteiger partial charge in [-0.25, -0.2) is 0 Å². The molecule has 1 N–H and O–H groups in total. The molecule has 1 saturated heterocycles. The van der Waals surface area contributed by atoms with Gasteiger partial charge in [-0.05, 0) is 12.8 Å². The summed E-state index contributed by atoms with van der Waals surface area (Å²) in [6.45, 7) is 0.201. The SMILES string of the molecule is [2H]N1CCCCC1(F)F. The Morgan fingerprint density at radius 1 is 1.50 bits per heavy atom. The van der Waals surface area contributed by atoms with Gasteiger partial charge in [0.1, 0.15) is 1.41 Å². The van der Waals surface area contributed by atoms with E-state index in [2.05, 4.69) is 0 Å². The molecule has 0 aromatic heterocycles. The maximum atomic E-state index is 12.3. The van der Waals surface area contributed by atoms with Gasteiger partial charge >= 0.3 is 6.05 Å². The molecule has 1 aliphatic rings. The van der Waals surface area contributed by atoms with Crippen LogP contribution in [0.1, 0.15) is 19.3 Å². The Bertz CT molecular complexity index is 107. The van der Waals surface area contributed by atoms with Crippen LogP contribution in [-0.4, -0.2) is 12.6 Å². The average Bonchev–Trinajstić information content (AvgIpc) is 1.77. The van der Waals surface area contributed by atoms with Gasteiger partial charge in [-0.2, -0.15) is 8.78 Å². The van der Waals surface area contributed by atoms with E-state index >= 15 is 0 Å². The van der Waals surface area contributed by atoms with Crippen molar-refractivity contribution in [2.75, 3.05) is 6.54 Å². The molecule has 0 aliphatic carbocycles. The second-order valence-electron chi connectivity index (χ2n) is 2.00. The van der Waals surface area contributed by atoms with Crippen LogP contribution in [0.3, 0.4) is 0 Å². The van der Waals surface area contributed by atoms with Crippen LogP contribution in [0.15, 0.2) is 0 Å². The zero-order valence-electron chi connectivity index (χ0n) is 5.53. The number of piperidine rings is 1. The molecule has 8 heavy (non-hydrogen) atoms. The summed E-state index contributed by atoms with van der Waals surface area (Å²) in [4.78, 5) is 0. The monoisotopic (exact) mass is 122 g/mol. The molecule has 1 nitrogen and oxygen atoms in total. The van der Waals surface area contributed by atoms with Crippen molar-refractivity contribution in [2.45, 2.75) is 25.3 Å². The van der Waals surface area contributed by atoms with Crippen LogP contribution in [0.4, 0.5) is 8.78 Å². The summed E-state index contributed by atoms with van der Waals surface area (Å²) in [6.07, 6.45) is 1.11. The van der Waals surface area contributed by atoms with Gasteiger partial charge in [-0.15, -0.1) is 0 Å². The van der Waals surface area contributed by atoms with Crippen LogP contribution in [-0.2, 0) is 0 Å². The van der Waals surface area contributed by atoms with E-state index < -0.39 is 6.05 Å². The Hall–Kier alpha value is -0.180. The molecule has 48 valence electrons. The van der Waals surface area contributed by atoms with Crippen molar-refractivity contribution in [3.8, 4) is 0 Å². The second kappa shape index (κ2) is 1.97. The molecule has 0 aromatic carbocycles. The molecule has 1 rings (SSSR count). The molecule has 0 radical (unpaired) electrons. The molecule has 3 heteroatoms. The number of nitrogens with one attached hydrogen (secondary N) is 1. The van der Waals surface area contributed by atoms with Crippen LogP contribution in [0.5, 0.6) is 0 Å². The Balaban J connectivity index is 2.49. The van der Waals surface area contributed by atoms with E-state index in [1.165, 1.54) is 0 Å². The summed E-state index contributed by atoms with van der Waals surface area (Å²) in [7, 11) is 0. The smallest absolute Gasteiger partial charge is 0.258 e. The fourth-order valence-corrected chi connectivity index (χ4v) is 0.771. The normalized spacial score (nSPS) is 32.0. The quantitative estimate of drug-likeness (QED) is 0.478. The minimum absolute atomic E-state index is 0.156. The van der Waals surface area contributed by atoms with Crippen LogP contribution >= 0.6 is 0 Å². The Morgan fingerprint density at radius 2 is 2.25 bits per heavy atom. The first-order valence-electron chi connectivity index (χ1n) is 3.22. The standard InChI is InChI=1S/C5H9F2N/c6-5(7)3-1-2-4-8-5/h8H,1-4H2/i/hD. The van der Waals surface area contributed by atoms with Gasteiger partial charge in [-0.1, -0.05) is 0 Å². The molecule has 0 bridgehead atoms. The lowest BCUT2D eigenvalue weighted by Crippen LogP contribution is -2.40. The molecular formula is C5H9F2N. The van der Waals surface area contributed by atoms with E-state index in [9.17, 15) is 8.78 Å². The fraction of sp³-hybridized carbons (Fsp3) is 1.00. The number of hydrogen-bond acceptors (Lipinski definition) is 1. The average molecular weight is 122 g/mol. The van der Waals surface area contributed by atoms with Crippen molar-refractivity contribution in [3.63, 3.8) is 0 Å². The van der Waals surface area contributed by atoms with Crippen molar-refractivity contribution >= 4 is 0 Å². The number of hydrogen-bond donors (Lipinski definition) is 1. The fourth-order valence-electron chi connectivity index (χ4n) is 0.771. The highest BCUT2D eigenvalue weighted by molar-refractivity contribution is 4.68. The van der Waals surface area contributed by atoms with E-state index in [1.807, 2.05) is 0 Å². The molecular weight excluding hydrogens is 112 g/mol. The summed E-state index contributed by atoms with van der Waals surface area (Å²) in [5.41, 5.74) is 0. The maximum Gasteiger partial charge on any atom is 0.302 e. The van der Waals surface area contributed by atoms with Crippen LogP contribution in [0.2, 0.25) is 1.41 Å². The molecule has 0 saturated carbocycles. The van der Waals surface area contributed by atoms with E-state index in [0.29, 0.717) is 11.7 Å². The summed E-state index contributed by atoms with van der Waals surface area (Å²) in [5, 5.41) is 0.372. The van der Waals surface area contributed by atoms with E-state index in [4.69, 9.17) is 1.41 Å². The lowest BCUT2D eigenvalue weighted by Gasteiger charge is -2.22. The highest BCUT2D eigenvalue weighted by Gasteiger charge is 2.29. The number of alkyl halides is 2. The molecule has 0 spiro atoms. The van der Waals surface area contributed by atoms with Crippen molar-refractivity contribution in [3.05, 3.63) is 0 Å². The largest absolute Gasteiger partial charge is 0.302 e. The lowest BCUT2D eigenvalue weighted by atomic mass is 10.1. The van der Waals surface area contributed by atoms with Crippen molar-refractivity contribution in [2.24, 2.45) is 0 Å². The lowest BCUT2D eigenvalue weighted by molar-refractivity contribution is -0.0569. The zero-order valence-corrected chi connectivity index (χ0v) is 4.53.